The molecule has 1 fully saturated rings. The van der Waals surface area contributed by atoms with Crippen molar-refractivity contribution in [1.82, 2.24) is 19.9 Å². The number of thiazole rings is 1. The third-order valence-electron chi connectivity index (χ3n) is 4.68. The number of aromatic nitrogens is 3. The van der Waals surface area contributed by atoms with Crippen LogP contribution in [0.3, 0.4) is 0 Å². The predicted molar refractivity (Wildman–Crippen MR) is 107 cm³/mol. The molecule has 0 saturated carbocycles. The number of thioether (sulfide) groups is 1. The van der Waals surface area contributed by atoms with Crippen LogP contribution in [0.5, 0.6) is 0 Å². The minimum atomic E-state index is -1.45. The molecule has 1 saturated heterocycles. The number of benzene rings is 1. The van der Waals surface area contributed by atoms with Gasteiger partial charge in [-0.3, -0.25) is 4.79 Å². The van der Waals surface area contributed by atoms with Crippen LogP contribution >= 0.6 is 23.1 Å². The largest absolute Gasteiger partial charge is 0.375 e. The van der Waals surface area contributed by atoms with Gasteiger partial charge < -0.3 is 10.0 Å². The van der Waals surface area contributed by atoms with Crippen LogP contribution in [0.15, 0.2) is 47.1 Å². The molecule has 8 heteroatoms. The topological polar surface area (TPSA) is 79.2 Å². The zero-order valence-electron chi connectivity index (χ0n) is 14.9. The van der Waals surface area contributed by atoms with Gasteiger partial charge >= 0.3 is 0 Å². The Kier molecular flexibility index (Phi) is 4.71. The van der Waals surface area contributed by atoms with E-state index in [-0.39, 0.29) is 5.91 Å². The molecule has 6 nitrogen and oxygen atoms in total. The van der Waals surface area contributed by atoms with Crippen LogP contribution in [-0.2, 0) is 10.4 Å². The average molecular weight is 399 g/mol. The fraction of sp³-hybridized carbons (Fsp3) is 0.263. The summed E-state index contributed by atoms with van der Waals surface area (Å²) in [6.07, 6.45) is 4.06. The zero-order chi connectivity index (χ0) is 19.0. The zero-order valence-corrected chi connectivity index (χ0v) is 16.5. The molecule has 1 aromatic carbocycles. The first-order chi connectivity index (χ1) is 13.0. The molecular weight excluding hydrogens is 380 g/mol. The Bertz CT molecular complexity index is 1010. The van der Waals surface area contributed by atoms with Gasteiger partial charge in [0.1, 0.15) is 10.7 Å². The maximum atomic E-state index is 12.4. The van der Waals surface area contributed by atoms with Gasteiger partial charge in [0.15, 0.2) is 10.8 Å². The Morgan fingerprint density at radius 3 is 2.85 bits per heavy atom. The molecule has 1 amide bonds. The molecule has 2 aromatic heterocycles. The quantitative estimate of drug-likeness (QED) is 0.538. The standard InChI is InChI=1S/C19H18N4O2S2/c1-23-9-7-19(25,17(23)24)13-5-3-4-12(10-13)16-21-15(11-27-16)14-6-8-20-18(22-14)26-2/h3-6,8,10-11,25H,7,9H2,1-2H3. The first-order valence-electron chi connectivity index (χ1n) is 8.43. The van der Waals surface area contributed by atoms with E-state index in [2.05, 4.69) is 9.97 Å². The molecule has 1 unspecified atom stereocenters. The van der Waals surface area contributed by atoms with E-state index in [4.69, 9.17) is 4.98 Å². The summed E-state index contributed by atoms with van der Waals surface area (Å²) in [5, 5.41) is 14.4. The van der Waals surface area contributed by atoms with Gasteiger partial charge in [-0.2, -0.15) is 0 Å². The summed E-state index contributed by atoms with van der Waals surface area (Å²) in [5.41, 5.74) is 1.59. The van der Waals surface area contributed by atoms with Crippen molar-refractivity contribution < 1.29 is 9.90 Å². The lowest BCUT2D eigenvalue weighted by molar-refractivity contribution is -0.143. The van der Waals surface area contributed by atoms with Gasteiger partial charge in [-0.05, 0) is 24.0 Å². The summed E-state index contributed by atoms with van der Waals surface area (Å²) in [6.45, 7) is 0.548. The number of rotatable bonds is 4. The molecule has 4 rings (SSSR count). The van der Waals surface area contributed by atoms with Crippen LogP contribution < -0.4 is 0 Å². The average Bonchev–Trinajstić information content (AvgIpc) is 3.30. The molecule has 138 valence electrons. The van der Waals surface area contributed by atoms with Crippen molar-refractivity contribution in [2.24, 2.45) is 0 Å². The Balaban J connectivity index is 1.67. The Morgan fingerprint density at radius 1 is 1.26 bits per heavy atom. The number of hydrogen-bond acceptors (Lipinski definition) is 7. The van der Waals surface area contributed by atoms with Crippen molar-refractivity contribution in [2.45, 2.75) is 17.2 Å². The Morgan fingerprint density at radius 2 is 2.11 bits per heavy atom. The van der Waals surface area contributed by atoms with Crippen LogP contribution in [0.4, 0.5) is 0 Å². The van der Waals surface area contributed by atoms with Crippen molar-refractivity contribution in [2.75, 3.05) is 19.8 Å². The normalized spacial score (nSPS) is 19.7. The number of nitrogens with zero attached hydrogens (tertiary/aromatic N) is 4. The summed E-state index contributed by atoms with van der Waals surface area (Å²) in [7, 11) is 1.71. The SMILES string of the molecule is CSc1nccc(-c2csc(-c3cccc(C4(O)CCN(C)C4=O)c3)n2)n1. The van der Waals surface area contributed by atoms with Crippen LogP contribution in [0.2, 0.25) is 0 Å². The highest BCUT2D eigenvalue weighted by Crippen LogP contribution is 2.36. The van der Waals surface area contributed by atoms with Crippen molar-refractivity contribution in [3.05, 3.63) is 47.5 Å². The minimum Gasteiger partial charge on any atom is -0.375 e. The predicted octanol–water partition coefficient (Wildman–Crippen LogP) is 3.04. The van der Waals surface area contributed by atoms with Crippen molar-refractivity contribution in [1.29, 1.82) is 0 Å². The molecule has 0 bridgehead atoms. The smallest absolute Gasteiger partial charge is 0.258 e. The summed E-state index contributed by atoms with van der Waals surface area (Å²) < 4.78 is 0. The number of likely N-dealkylation sites (tertiary alicyclic amines) is 1. The van der Waals surface area contributed by atoms with Gasteiger partial charge in [0.25, 0.3) is 5.91 Å². The van der Waals surface area contributed by atoms with E-state index in [1.165, 1.54) is 23.1 Å². The molecule has 1 aliphatic rings. The highest BCUT2D eigenvalue weighted by Gasteiger charge is 2.45. The van der Waals surface area contributed by atoms with E-state index in [1.54, 1.807) is 24.2 Å². The van der Waals surface area contributed by atoms with E-state index in [9.17, 15) is 9.90 Å². The summed E-state index contributed by atoms with van der Waals surface area (Å²) in [6, 6.07) is 9.28. The first kappa shape index (κ1) is 18.1. The maximum absolute atomic E-state index is 12.4. The lowest BCUT2D eigenvalue weighted by Crippen LogP contribution is -2.36. The molecule has 1 N–H and O–H groups in total. The maximum Gasteiger partial charge on any atom is 0.258 e. The molecule has 0 spiro atoms. The molecule has 27 heavy (non-hydrogen) atoms. The number of carbonyl (C=O) groups is 1. The van der Waals surface area contributed by atoms with E-state index < -0.39 is 5.60 Å². The van der Waals surface area contributed by atoms with Gasteiger partial charge in [0, 0.05) is 37.2 Å². The second-order valence-corrected chi connectivity index (χ2v) is 8.02. The van der Waals surface area contributed by atoms with Crippen LogP contribution in [0.25, 0.3) is 22.0 Å². The fourth-order valence-electron chi connectivity index (χ4n) is 3.14. The van der Waals surface area contributed by atoms with Gasteiger partial charge in [-0.1, -0.05) is 30.0 Å². The van der Waals surface area contributed by atoms with Crippen molar-refractivity contribution in [3.8, 4) is 22.0 Å². The summed E-state index contributed by atoms with van der Waals surface area (Å²) >= 11 is 2.99. The van der Waals surface area contributed by atoms with Crippen molar-refractivity contribution in [3.63, 3.8) is 0 Å². The fourth-order valence-corrected chi connectivity index (χ4v) is 4.30. The third kappa shape index (κ3) is 3.24. The van der Waals surface area contributed by atoms with Gasteiger partial charge in [0.2, 0.25) is 0 Å². The van der Waals surface area contributed by atoms with E-state index >= 15 is 0 Å². The number of likely N-dealkylation sites (N-methyl/N-ethyl adjacent to an activating group) is 1. The Hall–Kier alpha value is -2.29. The molecule has 0 radical (unpaired) electrons. The number of carbonyl (C=O) groups excluding carboxylic acids is 1. The van der Waals surface area contributed by atoms with E-state index in [1.807, 2.05) is 35.9 Å². The van der Waals surface area contributed by atoms with E-state index in [0.717, 1.165) is 22.0 Å². The lowest BCUT2D eigenvalue weighted by Gasteiger charge is -2.21. The monoisotopic (exact) mass is 398 g/mol. The number of hydrogen-bond donors (Lipinski definition) is 1. The molecule has 1 aliphatic heterocycles. The Labute approximate surface area is 165 Å². The summed E-state index contributed by atoms with van der Waals surface area (Å²) in [5.74, 6) is -0.259. The molecule has 3 aromatic rings. The van der Waals surface area contributed by atoms with Crippen LogP contribution in [0, 0.1) is 0 Å². The van der Waals surface area contributed by atoms with E-state index in [0.29, 0.717) is 23.7 Å². The molecular formula is C19H18N4O2S2. The van der Waals surface area contributed by atoms with Crippen LogP contribution in [0.1, 0.15) is 12.0 Å². The second kappa shape index (κ2) is 7.03. The lowest BCUT2D eigenvalue weighted by atomic mass is 9.91. The van der Waals surface area contributed by atoms with Gasteiger partial charge in [-0.15, -0.1) is 11.3 Å². The van der Waals surface area contributed by atoms with Gasteiger partial charge in [-0.25, -0.2) is 15.0 Å². The number of aliphatic hydroxyl groups is 1. The third-order valence-corrected chi connectivity index (χ3v) is 6.13. The molecule has 3 heterocycles. The molecule has 0 aliphatic carbocycles. The van der Waals surface area contributed by atoms with Crippen molar-refractivity contribution >= 4 is 29.0 Å². The summed E-state index contributed by atoms with van der Waals surface area (Å²) in [4.78, 5) is 27.3. The minimum absolute atomic E-state index is 0.259. The number of amides is 1. The highest BCUT2D eigenvalue weighted by atomic mass is 32.2. The van der Waals surface area contributed by atoms with Gasteiger partial charge in [0.05, 0.1) is 5.69 Å². The molecule has 1 atom stereocenters. The first-order valence-corrected chi connectivity index (χ1v) is 10.5. The van der Waals surface area contributed by atoms with Crippen LogP contribution in [-0.4, -0.2) is 50.7 Å². The second-order valence-electron chi connectivity index (χ2n) is 6.38. The highest BCUT2D eigenvalue weighted by molar-refractivity contribution is 7.98.